The Hall–Kier alpha value is -2.17. The number of pyridine rings is 1. The number of aryl methyl sites for hydroxylation is 2. The molecule has 136 valence electrons. The van der Waals surface area contributed by atoms with E-state index in [9.17, 15) is 5.26 Å². The second-order valence-electron chi connectivity index (χ2n) is 6.46. The Morgan fingerprint density at radius 1 is 1.15 bits per heavy atom. The van der Waals surface area contributed by atoms with Crippen LogP contribution in [0.15, 0.2) is 23.6 Å². The summed E-state index contributed by atoms with van der Waals surface area (Å²) in [6.07, 6.45) is 3.85. The van der Waals surface area contributed by atoms with Crippen molar-refractivity contribution < 1.29 is 0 Å². The minimum atomic E-state index is 0.696. The van der Waals surface area contributed by atoms with E-state index in [2.05, 4.69) is 37.7 Å². The van der Waals surface area contributed by atoms with Crippen molar-refractivity contribution >= 4 is 17.6 Å². The summed E-state index contributed by atoms with van der Waals surface area (Å²) in [5.74, 6) is 1.81. The summed E-state index contributed by atoms with van der Waals surface area (Å²) in [4.78, 5) is 18.1. The fourth-order valence-electron chi connectivity index (χ4n) is 3.19. The Kier molecular flexibility index (Phi) is 6.07. The maximum Gasteiger partial charge on any atom is 0.187 e. The van der Waals surface area contributed by atoms with Crippen LogP contribution in [0.25, 0.3) is 0 Å². The summed E-state index contributed by atoms with van der Waals surface area (Å²) in [6, 6.07) is 4.29. The van der Waals surface area contributed by atoms with Crippen LogP contribution in [0.5, 0.6) is 0 Å². The van der Waals surface area contributed by atoms with Gasteiger partial charge in [0.05, 0.1) is 5.56 Å². The third kappa shape index (κ3) is 4.32. The quantitative estimate of drug-likeness (QED) is 0.594. The van der Waals surface area contributed by atoms with E-state index in [0.717, 1.165) is 66.3 Å². The molecule has 0 N–H and O–H groups in total. The van der Waals surface area contributed by atoms with Crippen LogP contribution in [0.2, 0.25) is 0 Å². The molecule has 0 saturated carbocycles. The van der Waals surface area contributed by atoms with Gasteiger partial charge in [-0.05, 0) is 31.2 Å². The average molecular weight is 369 g/mol. The lowest BCUT2D eigenvalue weighted by molar-refractivity contribution is 0.248. The number of rotatable bonds is 5. The number of hydrogen-bond donors (Lipinski definition) is 0. The molecule has 3 rings (SSSR count). The van der Waals surface area contributed by atoms with Crippen LogP contribution in [0.4, 0.5) is 5.82 Å². The fraction of sp³-hybridized carbons (Fsp3) is 0.474. The Labute approximate surface area is 159 Å². The zero-order valence-corrected chi connectivity index (χ0v) is 16.4. The number of anilines is 1. The highest BCUT2D eigenvalue weighted by Crippen LogP contribution is 2.23. The monoisotopic (exact) mass is 368 g/mol. The first kappa shape index (κ1) is 18.6. The molecule has 3 heterocycles. The van der Waals surface area contributed by atoms with Crippen molar-refractivity contribution in [3.63, 3.8) is 0 Å². The van der Waals surface area contributed by atoms with E-state index in [1.807, 2.05) is 32.3 Å². The van der Waals surface area contributed by atoms with Crippen molar-refractivity contribution in [3.8, 4) is 6.07 Å². The zero-order valence-electron chi connectivity index (χ0n) is 15.6. The van der Waals surface area contributed by atoms with E-state index in [1.54, 1.807) is 11.8 Å². The first-order chi connectivity index (χ1) is 12.6. The van der Waals surface area contributed by atoms with Gasteiger partial charge < -0.3 is 4.90 Å². The van der Waals surface area contributed by atoms with Crippen LogP contribution >= 0.6 is 11.8 Å². The van der Waals surface area contributed by atoms with Crippen molar-refractivity contribution in [1.82, 2.24) is 19.9 Å². The third-order valence-electron chi connectivity index (χ3n) is 4.47. The molecule has 6 nitrogen and oxygen atoms in total. The van der Waals surface area contributed by atoms with Gasteiger partial charge in [0.25, 0.3) is 0 Å². The van der Waals surface area contributed by atoms with Gasteiger partial charge in [0.15, 0.2) is 5.16 Å². The molecule has 0 aliphatic carbocycles. The summed E-state index contributed by atoms with van der Waals surface area (Å²) >= 11 is 1.66. The summed E-state index contributed by atoms with van der Waals surface area (Å²) in [5, 5.41) is 10.3. The Balaban J connectivity index is 1.62. The van der Waals surface area contributed by atoms with Crippen LogP contribution in [-0.4, -0.2) is 51.8 Å². The molecule has 0 radical (unpaired) electrons. The van der Waals surface area contributed by atoms with Crippen LogP contribution in [0, 0.1) is 25.2 Å². The maximum atomic E-state index is 9.49. The molecular formula is C19H24N6S. The molecule has 0 amide bonds. The molecule has 1 aliphatic rings. The number of nitrogens with zero attached hydrogens (tertiary/aromatic N) is 6. The molecule has 1 aliphatic heterocycles. The lowest BCUT2D eigenvalue weighted by Gasteiger charge is -2.36. The van der Waals surface area contributed by atoms with Crippen LogP contribution in [0.3, 0.4) is 0 Å². The molecule has 2 aromatic heterocycles. The summed E-state index contributed by atoms with van der Waals surface area (Å²) < 4.78 is 0. The summed E-state index contributed by atoms with van der Waals surface area (Å²) in [6.45, 7) is 10.5. The van der Waals surface area contributed by atoms with Crippen molar-refractivity contribution in [2.45, 2.75) is 32.5 Å². The highest BCUT2D eigenvalue weighted by atomic mass is 32.2. The van der Waals surface area contributed by atoms with Gasteiger partial charge in [-0.3, -0.25) is 4.90 Å². The topological polar surface area (TPSA) is 68.9 Å². The summed E-state index contributed by atoms with van der Waals surface area (Å²) in [5.41, 5.74) is 3.79. The molecule has 0 aromatic carbocycles. The lowest BCUT2D eigenvalue weighted by Crippen LogP contribution is -2.46. The summed E-state index contributed by atoms with van der Waals surface area (Å²) in [7, 11) is 0. The Morgan fingerprint density at radius 2 is 1.85 bits per heavy atom. The normalized spacial score (nSPS) is 15.1. The minimum Gasteiger partial charge on any atom is -0.353 e. The lowest BCUT2D eigenvalue weighted by atomic mass is 10.1. The van der Waals surface area contributed by atoms with Gasteiger partial charge in [-0.15, -0.1) is 0 Å². The molecule has 7 heteroatoms. The predicted molar refractivity (Wildman–Crippen MR) is 104 cm³/mol. The number of thioether (sulfide) groups is 1. The first-order valence-corrected chi connectivity index (χ1v) is 9.88. The molecule has 0 spiro atoms. The first-order valence-electron chi connectivity index (χ1n) is 8.90. The van der Waals surface area contributed by atoms with E-state index >= 15 is 0 Å². The number of nitriles is 1. The van der Waals surface area contributed by atoms with Gasteiger partial charge in [-0.2, -0.15) is 5.26 Å². The number of aromatic nitrogens is 3. The second-order valence-corrected chi connectivity index (χ2v) is 7.69. The van der Waals surface area contributed by atoms with Gasteiger partial charge in [0, 0.05) is 56.4 Å². The maximum absolute atomic E-state index is 9.49. The smallest absolute Gasteiger partial charge is 0.187 e. The standard InChI is InChI=1S/C19H24N6S/c1-4-26-19-21-11-16(12-22-19)13-24-5-7-25(8-6-24)18-17(10-20)14(2)9-15(3)23-18/h9,11-12H,4-8,13H2,1-3H3. The van der Waals surface area contributed by atoms with E-state index < -0.39 is 0 Å². The van der Waals surface area contributed by atoms with Crippen LogP contribution in [-0.2, 0) is 6.54 Å². The number of piperazine rings is 1. The van der Waals surface area contributed by atoms with Gasteiger partial charge in [0.2, 0.25) is 0 Å². The van der Waals surface area contributed by atoms with Gasteiger partial charge >= 0.3 is 0 Å². The average Bonchev–Trinajstić information content (AvgIpc) is 2.64. The molecule has 0 unspecified atom stereocenters. The van der Waals surface area contributed by atoms with E-state index in [-0.39, 0.29) is 0 Å². The van der Waals surface area contributed by atoms with E-state index in [1.165, 1.54) is 0 Å². The predicted octanol–water partition coefficient (Wildman–Crippen LogP) is 2.79. The molecule has 0 atom stereocenters. The van der Waals surface area contributed by atoms with Crippen LogP contribution in [0.1, 0.15) is 29.3 Å². The molecule has 26 heavy (non-hydrogen) atoms. The molecule has 1 fully saturated rings. The zero-order chi connectivity index (χ0) is 18.5. The van der Waals surface area contributed by atoms with Crippen molar-refractivity contribution in [1.29, 1.82) is 5.26 Å². The highest BCUT2D eigenvalue weighted by Gasteiger charge is 2.21. The van der Waals surface area contributed by atoms with Gasteiger partial charge in [0.1, 0.15) is 11.9 Å². The Bertz CT molecular complexity index is 791. The highest BCUT2D eigenvalue weighted by molar-refractivity contribution is 7.99. The van der Waals surface area contributed by atoms with E-state index in [0.29, 0.717) is 5.56 Å². The second kappa shape index (κ2) is 8.47. The fourth-order valence-corrected chi connectivity index (χ4v) is 3.70. The third-order valence-corrected chi connectivity index (χ3v) is 5.23. The molecule has 2 aromatic rings. The largest absolute Gasteiger partial charge is 0.353 e. The van der Waals surface area contributed by atoms with Crippen LogP contribution < -0.4 is 4.90 Å². The van der Waals surface area contributed by atoms with Crippen molar-refractivity contribution in [2.75, 3.05) is 36.8 Å². The van der Waals surface area contributed by atoms with E-state index in [4.69, 9.17) is 0 Å². The van der Waals surface area contributed by atoms with Crippen molar-refractivity contribution in [3.05, 3.63) is 40.8 Å². The molecule has 1 saturated heterocycles. The molecular weight excluding hydrogens is 344 g/mol. The van der Waals surface area contributed by atoms with Gasteiger partial charge in [-0.1, -0.05) is 18.7 Å². The minimum absolute atomic E-state index is 0.696. The number of hydrogen-bond acceptors (Lipinski definition) is 7. The Morgan fingerprint density at radius 3 is 2.46 bits per heavy atom. The molecule has 0 bridgehead atoms. The SMILES string of the molecule is CCSc1ncc(CN2CCN(c3nc(C)cc(C)c3C#N)CC2)cn1. The van der Waals surface area contributed by atoms with Gasteiger partial charge in [-0.25, -0.2) is 15.0 Å². The van der Waals surface area contributed by atoms with Crippen molar-refractivity contribution in [2.24, 2.45) is 0 Å².